The molecule has 0 aliphatic rings. The lowest BCUT2D eigenvalue weighted by atomic mass is 10.0. The molecule has 0 atom stereocenters. The number of furan rings is 1. The Kier molecular flexibility index (Phi) is 4.24. The fourth-order valence-corrected chi connectivity index (χ4v) is 6.24. The van der Waals surface area contributed by atoms with Crippen molar-refractivity contribution in [3.05, 3.63) is 170 Å². The molecule has 234 valence electrons. The van der Waals surface area contributed by atoms with E-state index in [-0.39, 0.29) is 33.4 Å². The Labute approximate surface area is 304 Å². The Bertz CT molecular complexity index is 3520. The van der Waals surface area contributed by atoms with Gasteiger partial charge in [0.25, 0.3) is 0 Å². The third-order valence-electron chi connectivity index (χ3n) is 8.60. The average molecular weight is 653 g/mol. The number of rotatable bonds is 5. The topological polar surface area (TPSA) is 56.7 Å². The van der Waals surface area contributed by atoms with Crippen molar-refractivity contribution in [2.45, 2.75) is 0 Å². The first-order chi connectivity index (χ1) is 29.8. The molecule has 0 saturated carbocycles. The van der Waals surface area contributed by atoms with E-state index in [1.807, 2.05) is 72.8 Å². The van der Waals surface area contributed by atoms with Gasteiger partial charge in [0, 0.05) is 43.9 Å². The summed E-state index contributed by atoms with van der Waals surface area (Å²) in [7, 11) is 0. The Morgan fingerprint density at radius 3 is 1.88 bits per heavy atom. The molecule has 0 unspecified atom stereocenters. The summed E-state index contributed by atoms with van der Waals surface area (Å²) in [5.41, 5.74) is 2.72. The lowest BCUT2D eigenvalue weighted by molar-refractivity contribution is 0.669. The van der Waals surface area contributed by atoms with Gasteiger partial charge in [-0.1, -0.05) is 121 Å². The minimum Gasteiger partial charge on any atom is -0.456 e. The molecule has 0 aliphatic heterocycles. The number of nitrogens with zero attached hydrogens (tertiary/aromatic N) is 4. The smallest absolute Gasteiger partial charge is 0.164 e. The van der Waals surface area contributed by atoms with Crippen molar-refractivity contribution in [1.82, 2.24) is 19.5 Å². The molecule has 5 nitrogen and oxygen atoms in total. The third-order valence-corrected chi connectivity index (χ3v) is 8.60. The number of benzene rings is 7. The van der Waals surface area contributed by atoms with Gasteiger partial charge in [-0.05, 0) is 59.5 Å². The number of fused-ring (bicyclic) bond motifs is 6. The molecule has 0 spiro atoms. The summed E-state index contributed by atoms with van der Waals surface area (Å²) in [4.78, 5) is 14.5. The van der Waals surface area contributed by atoms with Crippen molar-refractivity contribution in [3.8, 4) is 51.0 Å². The van der Waals surface area contributed by atoms with Crippen LogP contribution in [-0.2, 0) is 0 Å². The van der Waals surface area contributed by atoms with Crippen molar-refractivity contribution in [2.75, 3.05) is 0 Å². The molecule has 3 heterocycles. The normalized spacial score (nSPS) is 15.0. The Morgan fingerprint density at radius 2 is 1.06 bits per heavy atom. The molecule has 0 radical (unpaired) electrons. The molecular formula is C45H28N4O. The van der Waals surface area contributed by atoms with Crippen LogP contribution in [0.4, 0.5) is 0 Å². The summed E-state index contributed by atoms with van der Waals surface area (Å²) in [6.45, 7) is 0. The monoisotopic (exact) mass is 652 g/mol. The second kappa shape index (κ2) is 11.4. The SMILES string of the molecule is [2H]c1c([2H])c([2H])c(-n2c3c([2H])c([2H])c([2H])c([2H])c3c3c([2H])c(-c4ccc(-c5nc(-c6ccccc6)nc(-c6ccc7c(c6)oc6ccccc67)n5)cc4)c([2H])c([2H])c32)c([2H])c1[2H]. The van der Waals surface area contributed by atoms with Crippen LogP contribution in [0.25, 0.3) is 94.7 Å². The van der Waals surface area contributed by atoms with Gasteiger partial charge in [0.15, 0.2) is 17.5 Å². The van der Waals surface area contributed by atoms with E-state index >= 15 is 0 Å². The molecule has 0 aliphatic carbocycles. The summed E-state index contributed by atoms with van der Waals surface area (Å²) in [6.07, 6.45) is 0. The second-order valence-electron chi connectivity index (χ2n) is 11.6. The Morgan fingerprint density at radius 1 is 0.440 bits per heavy atom. The van der Waals surface area contributed by atoms with E-state index in [0.29, 0.717) is 39.7 Å². The van der Waals surface area contributed by atoms with E-state index in [4.69, 9.17) is 31.7 Å². The molecule has 0 N–H and O–H groups in total. The van der Waals surface area contributed by atoms with Crippen molar-refractivity contribution in [1.29, 1.82) is 0 Å². The zero-order valence-electron chi connectivity index (χ0n) is 37.9. The Hall–Kier alpha value is -6.85. The quantitative estimate of drug-likeness (QED) is 0.186. The van der Waals surface area contributed by atoms with E-state index in [9.17, 15) is 4.11 Å². The highest BCUT2D eigenvalue weighted by Gasteiger charge is 2.16. The van der Waals surface area contributed by atoms with E-state index in [2.05, 4.69) is 0 Å². The van der Waals surface area contributed by atoms with Gasteiger partial charge in [0.05, 0.1) is 27.5 Å². The lowest BCUT2D eigenvalue weighted by Gasteiger charge is -2.10. The van der Waals surface area contributed by atoms with E-state index < -0.39 is 72.2 Å². The maximum atomic E-state index is 9.54. The van der Waals surface area contributed by atoms with Crippen LogP contribution in [0.3, 0.4) is 0 Å². The largest absolute Gasteiger partial charge is 0.456 e. The highest BCUT2D eigenvalue weighted by Crippen LogP contribution is 2.36. The molecule has 5 heteroatoms. The first kappa shape index (κ1) is 18.6. The maximum absolute atomic E-state index is 9.54. The van der Waals surface area contributed by atoms with Gasteiger partial charge in [0.1, 0.15) is 11.2 Å². The van der Waals surface area contributed by atoms with Crippen molar-refractivity contribution in [2.24, 2.45) is 0 Å². The molecule has 10 aromatic rings. The number of hydrogen-bond acceptors (Lipinski definition) is 4. The van der Waals surface area contributed by atoms with Gasteiger partial charge in [-0.2, -0.15) is 0 Å². The van der Waals surface area contributed by atoms with Gasteiger partial charge in [-0.15, -0.1) is 0 Å². The molecule has 7 aromatic carbocycles. The van der Waals surface area contributed by atoms with Crippen molar-refractivity contribution in [3.63, 3.8) is 0 Å². The zero-order valence-corrected chi connectivity index (χ0v) is 25.9. The summed E-state index contributed by atoms with van der Waals surface area (Å²) < 4.78 is 112. The molecule has 0 fully saturated rings. The predicted molar refractivity (Wildman–Crippen MR) is 203 cm³/mol. The number of para-hydroxylation sites is 3. The highest BCUT2D eigenvalue weighted by atomic mass is 16.3. The minimum atomic E-state index is -0.703. The van der Waals surface area contributed by atoms with E-state index in [1.54, 1.807) is 24.3 Å². The molecule has 0 bridgehead atoms. The third kappa shape index (κ3) is 4.67. The Balaban J connectivity index is 1.16. The number of aromatic nitrogens is 4. The molecule has 10 rings (SSSR count). The van der Waals surface area contributed by atoms with Gasteiger partial charge in [0.2, 0.25) is 0 Å². The molecule has 50 heavy (non-hydrogen) atoms. The van der Waals surface area contributed by atoms with Crippen LogP contribution in [0.15, 0.2) is 174 Å². The first-order valence-electron chi connectivity index (χ1n) is 21.7. The number of hydrogen-bond donors (Lipinski definition) is 0. The standard InChI is InChI=1S/C45H28N4O/c1-3-11-30(12-4-1)43-46-44(48-45(47-43)33-23-25-37-36-16-8-10-18-41(36)50-42(37)28-33)31-21-19-29(20-22-31)32-24-26-40-38(27-32)35-15-7-9-17-39(35)49(40)34-13-5-2-6-14-34/h1-28H/i2D,5D,6D,7D,9D,13D,14D,15D,17D,24D,26D,27D. The van der Waals surface area contributed by atoms with Crippen LogP contribution < -0.4 is 0 Å². The summed E-state index contributed by atoms with van der Waals surface area (Å²) in [5, 5.41) is 1.60. The van der Waals surface area contributed by atoms with E-state index in [1.165, 1.54) is 0 Å². The minimum absolute atomic E-state index is 0.0259. The average Bonchev–Trinajstić information content (AvgIpc) is 3.85. The van der Waals surface area contributed by atoms with Gasteiger partial charge >= 0.3 is 0 Å². The maximum Gasteiger partial charge on any atom is 0.164 e. The zero-order chi connectivity index (χ0) is 43.5. The van der Waals surface area contributed by atoms with Crippen LogP contribution in [0, 0.1) is 0 Å². The van der Waals surface area contributed by atoms with Gasteiger partial charge in [-0.3, -0.25) is 0 Å². The predicted octanol–water partition coefficient (Wildman–Crippen LogP) is 11.5. The lowest BCUT2D eigenvalue weighted by Crippen LogP contribution is -2.00. The van der Waals surface area contributed by atoms with Crippen LogP contribution in [-0.4, -0.2) is 19.5 Å². The first-order valence-corrected chi connectivity index (χ1v) is 15.7. The second-order valence-corrected chi connectivity index (χ2v) is 11.6. The molecule has 0 amide bonds. The molecule has 3 aromatic heterocycles. The fourth-order valence-electron chi connectivity index (χ4n) is 6.24. The summed E-state index contributed by atoms with van der Waals surface area (Å²) in [5.74, 6) is 1.15. The summed E-state index contributed by atoms with van der Waals surface area (Å²) >= 11 is 0. The summed E-state index contributed by atoms with van der Waals surface area (Å²) in [6, 6.07) is 22.5. The van der Waals surface area contributed by atoms with Crippen LogP contribution in [0.1, 0.15) is 16.4 Å². The van der Waals surface area contributed by atoms with Crippen molar-refractivity contribution >= 4 is 43.7 Å². The fraction of sp³-hybridized carbons (Fsp3) is 0. The molecule has 0 saturated heterocycles. The van der Waals surface area contributed by atoms with Crippen LogP contribution in [0.5, 0.6) is 0 Å². The van der Waals surface area contributed by atoms with Crippen molar-refractivity contribution < 1.29 is 20.9 Å². The van der Waals surface area contributed by atoms with Crippen LogP contribution in [0.2, 0.25) is 0 Å². The molecular weight excluding hydrogens is 613 g/mol. The van der Waals surface area contributed by atoms with Gasteiger partial charge < -0.3 is 8.98 Å². The van der Waals surface area contributed by atoms with Gasteiger partial charge in [-0.25, -0.2) is 15.0 Å². The highest BCUT2D eigenvalue weighted by molar-refractivity contribution is 6.10. The van der Waals surface area contributed by atoms with E-state index in [0.717, 1.165) is 26.5 Å². The van der Waals surface area contributed by atoms with Crippen LogP contribution >= 0.6 is 0 Å².